The molecular formula is C12H24O3. The highest BCUT2D eigenvalue weighted by molar-refractivity contribution is 5.69. The number of ether oxygens (including phenoxy) is 1. The Balaban J connectivity index is 3.62. The standard InChI is InChI=1S/C12H24O3/c1-5-6-7-10(13)8-9-11(14)15-12(2,3)4/h10,13H,5-9H2,1-4H3. The molecule has 0 aliphatic heterocycles. The minimum absolute atomic E-state index is 0.224. The topological polar surface area (TPSA) is 46.5 Å². The van der Waals surface area contributed by atoms with Crippen LogP contribution in [0, 0.1) is 0 Å². The molecule has 0 fully saturated rings. The first-order valence-electron chi connectivity index (χ1n) is 5.75. The van der Waals surface area contributed by atoms with Crippen LogP contribution in [-0.2, 0) is 9.53 Å². The van der Waals surface area contributed by atoms with Crippen molar-refractivity contribution < 1.29 is 14.6 Å². The van der Waals surface area contributed by atoms with E-state index in [2.05, 4.69) is 6.92 Å². The third-order valence-corrected chi connectivity index (χ3v) is 1.99. The number of hydrogen-bond donors (Lipinski definition) is 1. The number of esters is 1. The quantitative estimate of drug-likeness (QED) is 0.694. The number of carbonyl (C=O) groups excluding carboxylic acids is 1. The molecule has 0 aromatic rings. The maximum atomic E-state index is 11.3. The van der Waals surface area contributed by atoms with Crippen LogP contribution in [0.5, 0.6) is 0 Å². The summed E-state index contributed by atoms with van der Waals surface area (Å²) in [6, 6.07) is 0. The molecule has 0 radical (unpaired) electrons. The molecule has 0 aliphatic rings. The van der Waals surface area contributed by atoms with Gasteiger partial charge < -0.3 is 9.84 Å². The zero-order chi connectivity index (χ0) is 11.9. The second-order valence-corrected chi connectivity index (χ2v) is 4.92. The molecule has 0 aromatic carbocycles. The average Bonchev–Trinajstić information content (AvgIpc) is 2.08. The van der Waals surface area contributed by atoms with Gasteiger partial charge in [0, 0.05) is 6.42 Å². The summed E-state index contributed by atoms with van der Waals surface area (Å²) in [4.78, 5) is 11.3. The maximum Gasteiger partial charge on any atom is 0.306 e. The molecule has 0 aromatic heterocycles. The van der Waals surface area contributed by atoms with E-state index in [9.17, 15) is 9.90 Å². The lowest BCUT2D eigenvalue weighted by Gasteiger charge is -2.20. The summed E-state index contributed by atoms with van der Waals surface area (Å²) in [7, 11) is 0. The smallest absolute Gasteiger partial charge is 0.306 e. The summed E-state index contributed by atoms with van der Waals surface area (Å²) in [6.07, 6.45) is 3.31. The van der Waals surface area contributed by atoms with Crippen molar-refractivity contribution in [2.24, 2.45) is 0 Å². The van der Waals surface area contributed by atoms with Gasteiger partial charge in [0.15, 0.2) is 0 Å². The maximum absolute atomic E-state index is 11.3. The molecule has 1 N–H and O–H groups in total. The van der Waals surface area contributed by atoms with Gasteiger partial charge in [0.05, 0.1) is 6.10 Å². The summed E-state index contributed by atoms with van der Waals surface area (Å²) in [5.74, 6) is -0.224. The van der Waals surface area contributed by atoms with Crippen molar-refractivity contribution in [3.63, 3.8) is 0 Å². The van der Waals surface area contributed by atoms with Crippen LogP contribution in [0.4, 0.5) is 0 Å². The number of hydrogen-bond acceptors (Lipinski definition) is 3. The highest BCUT2D eigenvalue weighted by atomic mass is 16.6. The van der Waals surface area contributed by atoms with Crippen molar-refractivity contribution in [2.45, 2.75) is 71.5 Å². The van der Waals surface area contributed by atoms with Crippen LogP contribution in [0.15, 0.2) is 0 Å². The summed E-state index contributed by atoms with van der Waals surface area (Å²) < 4.78 is 5.14. The van der Waals surface area contributed by atoms with Gasteiger partial charge in [-0.3, -0.25) is 4.79 Å². The van der Waals surface area contributed by atoms with Crippen LogP contribution in [-0.4, -0.2) is 22.8 Å². The molecule has 0 amide bonds. The van der Waals surface area contributed by atoms with E-state index in [1.54, 1.807) is 0 Å². The fourth-order valence-corrected chi connectivity index (χ4v) is 1.26. The predicted octanol–water partition coefficient (Wildman–Crippen LogP) is 2.66. The van der Waals surface area contributed by atoms with Gasteiger partial charge in [-0.05, 0) is 33.6 Å². The molecule has 0 rings (SSSR count). The van der Waals surface area contributed by atoms with Gasteiger partial charge in [-0.2, -0.15) is 0 Å². The Bertz CT molecular complexity index is 182. The Kier molecular flexibility index (Phi) is 6.57. The van der Waals surface area contributed by atoms with Crippen LogP contribution in [0.2, 0.25) is 0 Å². The van der Waals surface area contributed by atoms with E-state index < -0.39 is 5.60 Å². The summed E-state index contributed by atoms with van der Waals surface area (Å²) in [5.41, 5.74) is -0.425. The van der Waals surface area contributed by atoms with Gasteiger partial charge in [0.1, 0.15) is 5.60 Å². The Morgan fingerprint density at radius 2 is 1.93 bits per heavy atom. The van der Waals surface area contributed by atoms with Crippen LogP contribution < -0.4 is 0 Å². The minimum Gasteiger partial charge on any atom is -0.460 e. The second-order valence-electron chi connectivity index (χ2n) is 4.92. The lowest BCUT2D eigenvalue weighted by Crippen LogP contribution is -2.24. The fraction of sp³-hybridized carbons (Fsp3) is 0.917. The average molecular weight is 216 g/mol. The van der Waals surface area contributed by atoms with Gasteiger partial charge in [-0.25, -0.2) is 0 Å². The molecule has 90 valence electrons. The normalized spacial score (nSPS) is 13.7. The Hall–Kier alpha value is -0.570. The van der Waals surface area contributed by atoms with Crippen molar-refractivity contribution in [3.8, 4) is 0 Å². The molecule has 0 saturated carbocycles. The van der Waals surface area contributed by atoms with E-state index >= 15 is 0 Å². The van der Waals surface area contributed by atoms with E-state index in [0.717, 1.165) is 19.3 Å². The van der Waals surface area contributed by atoms with E-state index in [-0.39, 0.29) is 12.1 Å². The number of rotatable bonds is 6. The SMILES string of the molecule is CCCCC(O)CCC(=O)OC(C)(C)C. The van der Waals surface area contributed by atoms with Crippen molar-refractivity contribution in [1.29, 1.82) is 0 Å². The molecule has 1 unspecified atom stereocenters. The van der Waals surface area contributed by atoms with Crippen molar-refractivity contribution in [3.05, 3.63) is 0 Å². The lowest BCUT2D eigenvalue weighted by molar-refractivity contribution is -0.155. The molecule has 15 heavy (non-hydrogen) atoms. The molecule has 0 spiro atoms. The first-order valence-corrected chi connectivity index (χ1v) is 5.75. The molecule has 0 aliphatic carbocycles. The van der Waals surface area contributed by atoms with Crippen molar-refractivity contribution >= 4 is 5.97 Å². The minimum atomic E-state index is -0.425. The Morgan fingerprint density at radius 1 is 1.33 bits per heavy atom. The molecule has 0 saturated heterocycles. The van der Waals surface area contributed by atoms with Crippen molar-refractivity contribution in [2.75, 3.05) is 0 Å². The molecule has 3 heteroatoms. The van der Waals surface area contributed by atoms with E-state index in [1.165, 1.54) is 0 Å². The largest absolute Gasteiger partial charge is 0.460 e. The molecule has 1 atom stereocenters. The molecule has 3 nitrogen and oxygen atoms in total. The third kappa shape index (κ3) is 9.73. The van der Waals surface area contributed by atoms with Gasteiger partial charge in [0.25, 0.3) is 0 Å². The Labute approximate surface area is 92.8 Å². The molecule has 0 heterocycles. The van der Waals surface area contributed by atoms with Gasteiger partial charge in [-0.15, -0.1) is 0 Å². The van der Waals surface area contributed by atoms with Gasteiger partial charge in [0.2, 0.25) is 0 Å². The lowest BCUT2D eigenvalue weighted by atomic mass is 10.1. The zero-order valence-electron chi connectivity index (χ0n) is 10.4. The van der Waals surface area contributed by atoms with Crippen molar-refractivity contribution in [1.82, 2.24) is 0 Å². The highest BCUT2D eigenvalue weighted by Crippen LogP contribution is 2.11. The zero-order valence-corrected chi connectivity index (χ0v) is 10.4. The van der Waals surface area contributed by atoms with Gasteiger partial charge >= 0.3 is 5.97 Å². The number of aliphatic hydroxyl groups is 1. The van der Waals surface area contributed by atoms with Crippen LogP contribution in [0.25, 0.3) is 0 Å². The van der Waals surface area contributed by atoms with E-state index in [0.29, 0.717) is 12.8 Å². The van der Waals surface area contributed by atoms with Crippen LogP contribution >= 0.6 is 0 Å². The molecule has 0 bridgehead atoms. The van der Waals surface area contributed by atoms with Crippen LogP contribution in [0.1, 0.15) is 59.8 Å². The number of unbranched alkanes of at least 4 members (excludes halogenated alkanes) is 1. The summed E-state index contributed by atoms with van der Waals surface area (Å²) >= 11 is 0. The highest BCUT2D eigenvalue weighted by Gasteiger charge is 2.16. The Morgan fingerprint density at radius 3 is 2.40 bits per heavy atom. The first kappa shape index (κ1) is 14.4. The van der Waals surface area contributed by atoms with Gasteiger partial charge in [-0.1, -0.05) is 19.8 Å². The monoisotopic (exact) mass is 216 g/mol. The molecular weight excluding hydrogens is 192 g/mol. The number of aliphatic hydroxyl groups excluding tert-OH is 1. The third-order valence-electron chi connectivity index (χ3n) is 1.99. The summed E-state index contributed by atoms with van der Waals surface area (Å²) in [5, 5.41) is 9.52. The fourth-order valence-electron chi connectivity index (χ4n) is 1.26. The second kappa shape index (κ2) is 6.83. The first-order chi connectivity index (χ1) is 6.85. The summed E-state index contributed by atoms with van der Waals surface area (Å²) in [6.45, 7) is 7.62. The van der Waals surface area contributed by atoms with E-state index in [1.807, 2.05) is 20.8 Å². The van der Waals surface area contributed by atoms with E-state index in [4.69, 9.17) is 4.74 Å². The number of carbonyl (C=O) groups is 1. The van der Waals surface area contributed by atoms with Crippen LogP contribution in [0.3, 0.4) is 0 Å². The predicted molar refractivity (Wildman–Crippen MR) is 60.6 cm³/mol.